The van der Waals surface area contributed by atoms with E-state index in [1.165, 1.54) is 7.11 Å². The fourth-order valence-corrected chi connectivity index (χ4v) is 3.17. The number of methoxy groups -OCH3 is 1. The molecule has 0 bridgehead atoms. The highest BCUT2D eigenvalue weighted by Crippen LogP contribution is 2.33. The Morgan fingerprint density at radius 3 is 2.71 bits per heavy atom. The third-order valence-corrected chi connectivity index (χ3v) is 4.58. The normalized spacial score (nSPS) is 9.92. The summed E-state index contributed by atoms with van der Waals surface area (Å²) in [5, 5.41) is 12.5. The van der Waals surface area contributed by atoms with Gasteiger partial charge in [0, 0.05) is 0 Å². The Hall–Kier alpha value is -2.56. The van der Waals surface area contributed by atoms with Gasteiger partial charge in [0.15, 0.2) is 6.61 Å². The third-order valence-electron chi connectivity index (χ3n) is 3.08. The lowest BCUT2D eigenvalue weighted by Gasteiger charge is -2.07. The molecule has 1 amide bonds. The molecule has 1 N–H and O–H groups in total. The maximum Gasteiger partial charge on any atom is 0.348 e. The van der Waals surface area contributed by atoms with Crippen molar-refractivity contribution in [1.29, 1.82) is 5.26 Å². The van der Waals surface area contributed by atoms with Crippen LogP contribution in [0.3, 0.4) is 0 Å². The molecule has 1 heterocycles. The van der Waals surface area contributed by atoms with Crippen LogP contribution in [-0.4, -0.2) is 25.6 Å². The highest BCUT2D eigenvalue weighted by atomic mass is 35.5. The Balaban J connectivity index is 2.10. The molecule has 0 saturated heterocycles. The molecule has 0 aliphatic heterocycles. The number of amides is 1. The van der Waals surface area contributed by atoms with Crippen molar-refractivity contribution in [1.82, 2.24) is 0 Å². The van der Waals surface area contributed by atoms with Gasteiger partial charge in [-0.3, -0.25) is 4.79 Å². The van der Waals surface area contributed by atoms with E-state index < -0.39 is 11.9 Å². The van der Waals surface area contributed by atoms with Crippen molar-refractivity contribution in [2.75, 3.05) is 19.0 Å². The second kappa shape index (κ2) is 7.81. The molecule has 0 aliphatic rings. The summed E-state index contributed by atoms with van der Waals surface area (Å²) in [5.74, 6) is -0.640. The molecular weight excluding hydrogens is 352 g/mol. The van der Waals surface area contributed by atoms with Crippen molar-refractivity contribution in [3.8, 4) is 11.8 Å². The van der Waals surface area contributed by atoms with E-state index in [1.807, 2.05) is 6.07 Å². The first-order valence-electron chi connectivity index (χ1n) is 6.77. The Bertz CT molecular complexity index is 826. The largest absolute Gasteiger partial charge is 0.482 e. The first-order valence-corrected chi connectivity index (χ1v) is 7.96. The highest BCUT2D eigenvalue weighted by molar-refractivity contribution is 7.18. The SMILES string of the molecule is COC(=O)c1sc(NC(=O)COc2ccccc2Cl)c(C#N)c1C. The van der Waals surface area contributed by atoms with Crippen molar-refractivity contribution in [2.24, 2.45) is 0 Å². The van der Waals surface area contributed by atoms with Crippen molar-refractivity contribution in [2.45, 2.75) is 6.92 Å². The monoisotopic (exact) mass is 364 g/mol. The number of carbonyl (C=O) groups is 2. The smallest absolute Gasteiger partial charge is 0.348 e. The summed E-state index contributed by atoms with van der Waals surface area (Å²) in [5.41, 5.74) is 0.697. The molecule has 2 aromatic rings. The Morgan fingerprint density at radius 1 is 1.38 bits per heavy atom. The molecule has 0 spiro atoms. The number of nitriles is 1. The minimum absolute atomic E-state index is 0.228. The first-order chi connectivity index (χ1) is 11.5. The second-order valence-electron chi connectivity index (χ2n) is 4.63. The fraction of sp³-hybridized carbons (Fsp3) is 0.188. The Labute approximate surface area is 147 Å². The predicted octanol–water partition coefficient (Wildman–Crippen LogP) is 3.39. The molecular formula is C16H13ClN2O4S. The van der Waals surface area contributed by atoms with Crippen LogP contribution in [0, 0.1) is 18.3 Å². The second-order valence-corrected chi connectivity index (χ2v) is 6.06. The molecule has 0 unspecified atom stereocenters. The summed E-state index contributed by atoms with van der Waals surface area (Å²) in [6, 6.07) is 8.75. The topological polar surface area (TPSA) is 88.4 Å². The zero-order valence-electron chi connectivity index (χ0n) is 12.9. The van der Waals surface area contributed by atoms with Gasteiger partial charge in [0.1, 0.15) is 21.7 Å². The number of halogens is 1. The lowest BCUT2D eigenvalue weighted by Crippen LogP contribution is -2.20. The maximum atomic E-state index is 12.0. The van der Waals surface area contributed by atoms with Gasteiger partial charge >= 0.3 is 5.97 Å². The molecule has 2 rings (SSSR count). The number of benzene rings is 1. The molecule has 1 aromatic heterocycles. The van der Waals surface area contributed by atoms with E-state index >= 15 is 0 Å². The number of thiophene rings is 1. The lowest BCUT2D eigenvalue weighted by molar-refractivity contribution is -0.118. The quantitative estimate of drug-likeness (QED) is 0.821. The van der Waals surface area contributed by atoms with E-state index in [0.717, 1.165) is 11.3 Å². The summed E-state index contributed by atoms with van der Waals surface area (Å²) >= 11 is 6.93. The molecule has 0 saturated carbocycles. The lowest BCUT2D eigenvalue weighted by atomic mass is 10.2. The molecule has 124 valence electrons. The number of nitrogens with one attached hydrogen (secondary N) is 1. The molecule has 8 heteroatoms. The minimum atomic E-state index is -0.554. The van der Waals surface area contributed by atoms with Crippen LogP contribution < -0.4 is 10.1 Å². The average molecular weight is 365 g/mol. The van der Waals surface area contributed by atoms with E-state index in [1.54, 1.807) is 31.2 Å². The van der Waals surface area contributed by atoms with Gasteiger partial charge in [0.05, 0.1) is 17.7 Å². The van der Waals surface area contributed by atoms with E-state index in [4.69, 9.17) is 16.3 Å². The van der Waals surface area contributed by atoms with Crippen molar-refractivity contribution < 1.29 is 19.1 Å². The number of hydrogen-bond acceptors (Lipinski definition) is 6. The summed E-state index contributed by atoms with van der Waals surface area (Å²) in [7, 11) is 1.25. The van der Waals surface area contributed by atoms with Crippen LogP contribution in [0.25, 0.3) is 0 Å². The number of carbonyl (C=O) groups excluding carboxylic acids is 2. The van der Waals surface area contributed by atoms with Crippen LogP contribution in [0.4, 0.5) is 5.00 Å². The predicted molar refractivity (Wildman–Crippen MR) is 90.7 cm³/mol. The number of esters is 1. The zero-order valence-corrected chi connectivity index (χ0v) is 14.5. The summed E-state index contributed by atoms with van der Waals surface area (Å²) in [6.07, 6.45) is 0. The molecule has 0 fully saturated rings. The number of para-hydroxylation sites is 1. The van der Waals surface area contributed by atoms with Gasteiger partial charge in [-0.25, -0.2) is 4.79 Å². The van der Waals surface area contributed by atoms with Gasteiger partial charge in [-0.15, -0.1) is 11.3 Å². The average Bonchev–Trinajstić information content (AvgIpc) is 2.88. The van der Waals surface area contributed by atoms with Gasteiger partial charge in [-0.2, -0.15) is 5.26 Å². The van der Waals surface area contributed by atoms with Crippen LogP contribution in [0.15, 0.2) is 24.3 Å². The van der Waals surface area contributed by atoms with Crippen LogP contribution in [0.2, 0.25) is 5.02 Å². The van der Waals surface area contributed by atoms with Gasteiger partial charge in [0.2, 0.25) is 0 Å². The summed E-state index contributed by atoms with van der Waals surface area (Å²) in [6.45, 7) is 1.34. The molecule has 0 aliphatic carbocycles. The summed E-state index contributed by atoms with van der Waals surface area (Å²) < 4.78 is 10.00. The van der Waals surface area contributed by atoms with Gasteiger partial charge < -0.3 is 14.8 Å². The Morgan fingerprint density at radius 2 is 2.08 bits per heavy atom. The van der Waals surface area contributed by atoms with Crippen molar-refractivity contribution >= 4 is 39.8 Å². The van der Waals surface area contributed by atoms with Crippen LogP contribution >= 0.6 is 22.9 Å². The van der Waals surface area contributed by atoms with E-state index in [-0.39, 0.29) is 22.0 Å². The van der Waals surface area contributed by atoms with Gasteiger partial charge in [0.25, 0.3) is 5.91 Å². The van der Waals surface area contributed by atoms with Crippen LogP contribution in [0.5, 0.6) is 5.75 Å². The minimum Gasteiger partial charge on any atom is -0.482 e. The number of anilines is 1. The van der Waals surface area contributed by atoms with Gasteiger partial charge in [-0.05, 0) is 24.6 Å². The van der Waals surface area contributed by atoms with Crippen molar-refractivity contribution in [3.05, 3.63) is 45.3 Å². The van der Waals surface area contributed by atoms with E-state index in [2.05, 4.69) is 10.1 Å². The first kappa shape index (κ1) is 17.8. The summed E-state index contributed by atoms with van der Waals surface area (Å²) in [4.78, 5) is 24.0. The molecule has 6 nitrogen and oxygen atoms in total. The van der Waals surface area contributed by atoms with Crippen molar-refractivity contribution in [3.63, 3.8) is 0 Å². The third kappa shape index (κ3) is 3.85. The number of hydrogen-bond donors (Lipinski definition) is 1. The van der Waals surface area contributed by atoms with Crippen LogP contribution in [0.1, 0.15) is 20.8 Å². The molecule has 0 atom stereocenters. The fourth-order valence-electron chi connectivity index (χ4n) is 1.89. The number of nitrogens with zero attached hydrogens (tertiary/aromatic N) is 1. The van der Waals surface area contributed by atoms with Gasteiger partial charge in [-0.1, -0.05) is 23.7 Å². The standard InChI is InChI=1S/C16H13ClN2O4S/c1-9-10(7-18)15(24-14(9)16(21)22-2)19-13(20)8-23-12-6-4-3-5-11(12)17/h3-6H,8H2,1-2H3,(H,19,20). The van der Waals surface area contributed by atoms with E-state index in [9.17, 15) is 14.9 Å². The number of ether oxygens (including phenoxy) is 2. The van der Waals surface area contributed by atoms with Crippen LogP contribution in [-0.2, 0) is 9.53 Å². The molecule has 0 radical (unpaired) electrons. The number of rotatable bonds is 5. The highest BCUT2D eigenvalue weighted by Gasteiger charge is 2.21. The maximum absolute atomic E-state index is 12.0. The molecule has 24 heavy (non-hydrogen) atoms. The van der Waals surface area contributed by atoms with E-state index in [0.29, 0.717) is 16.3 Å². The zero-order chi connectivity index (χ0) is 17.7. The Kier molecular flexibility index (Phi) is 5.79. The molecule has 1 aromatic carbocycles.